The van der Waals surface area contributed by atoms with Crippen molar-refractivity contribution in [3.05, 3.63) is 53.1 Å². The zero-order valence-corrected chi connectivity index (χ0v) is 14.1. The van der Waals surface area contributed by atoms with E-state index in [9.17, 15) is 4.79 Å². The lowest BCUT2D eigenvalue weighted by Crippen LogP contribution is -2.24. The molecule has 8 heteroatoms. The fourth-order valence-electron chi connectivity index (χ4n) is 2.41. The zero-order valence-electron chi connectivity index (χ0n) is 13.4. The number of halogens is 1. The van der Waals surface area contributed by atoms with Crippen LogP contribution in [0.25, 0.3) is 5.65 Å². The minimum atomic E-state index is -0.282. The van der Waals surface area contributed by atoms with Crippen molar-refractivity contribution in [3.8, 4) is 5.88 Å². The molecular formula is C17H16ClN5O2. The van der Waals surface area contributed by atoms with Gasteiger partial charge < -0.3 is 10.1 Å². The second-order valence-corrected chi connectivity index (χ2v) is 6.40. The highest BCUT2D eigenvalue weighted by Crippen LogP contribution is 2.31. The predicted octanol–water partition coefficient (Wildman–Crippen LogP) is 2.50. The summed E-state index contributed by atoms with van der Waals surface area (Å²) in [7, 11) is 0. The molecule has 3 aromatic rings. The van der Waals surface area contributed by atoms with Gasteiger partial charge in [-0.3, -0.25) is 9.20 Å². The van der Waals surface area contributed by atoms with E-state index in [0.29, 0.717) is 34.8 Å². The van der Waals surface area contributed by atoms with Crippen molar-refractivity contribution in [2.45, 2.75) is 19.4 Å². The number of nitrogens with one attached hydrogen (secondary N) is 1. The van der Waals surface area contributed by atoms with Crippen LogP contribution in [0.1, 0.15) is 29.0 Å². The summed E-state index contributed by atoms with van der Waals surface area (Å²) >= 11 is 6.16. The number of nitrogens with zero attached hydrogens (tertiary/aromatic N) is 4. The van der Waals surface area contributed by atoms with Crippen LogP contribution in [0.2, 0.25) is 5.02 Å². The quantitative estimate of drug-likeness (QED) is 0.733. The maximum atomic E-state index is 12.3. The van der Waals surface area contributed by atoms with Crippen molar-refractivity contribution in [1.82, 2.24) is 24.9 Å². The van der Waals surface area contributed by atoms with Gasteiger partial charge in [-0.25, -0.2) is 4.98 Å². The highest BCUT2D eigenvalue weighted by molar-refractivity contribution is 6.32. The number of carbonyl (C=O) groups excluding carboxylic acids is 1. The van der Waals surface area contributed by atoms with Crippen LogP contribution < -0.4 is 10.1 Å². The molecule has 1 aliphatic rings. The first-order valence-corrected chi connectivity index (χ1v) is 8.43. The molecule has 3 aromatic heterocycles. The number of hydrogen-bond donors (Lipinski definition) is 1. The molecule has 0 saturated heterocycles. The van der Waals surface area contributed by atoms with Gasteiger partial charge in [0.25, 0.3) is 5.91 Å². The predicted molar refractivity (Wildman–Crippen MR) is 91.6 cm³/mol. The number of amides is 1. The number of pyridine rings is 2. The molecule has 3 heterocycles. The minimum absolute atomic E-state index is 0.252. The molecule has 0 spiro atoms. The van der Waals surface area contributed by atoms with Crippen LogP contribution >= 0.6 is 11.6 Å². The van der Waals surface area contributed by atoms with E-state index in [2.05, 4.69) is 20.5 Å². The van der Waals surface area contributed by atoms with E-state index in [1.165, 1.54) is 19.0 Å². The Hall–Kier alpha value is -2.67. The maximum Gasteiger partial charge on any atom is 0.253 e. The fourth-order valence-corrected chi connectivity index (χ4v) is 2.63. The lowest BCUT2D eigenvalue weighted by atomic mass is 10.2. The zero-order chi connectivity index (χ0) is 17.2. The Balaban J connectivity index is 1.41. The number of rotatable bonds is 6. The Morgan fingerprint density at radius 1 is 1.36 bits per heavy atom. The number of aromatic nitrogens is 4. The first-order valence-electron chi connectivity index (χ1n) is 8.06. The molecule has 4 rings (SSSR count). The molecular weight excluding hydrogens is 342 g/mol. The second kappa shape index (κ2) is 6.68. The van der Waals surface area contributed by atoms with Gasteiger partial charge >= 0.3 is 0 Å². The largest absolute Gasteiger partial charge is 0.476 e. The van der Waals surface area contributed by atoms with E-state index in [1.807, 2.05) is 28.8 Å². The summed E-state index contributed by atoms with van der Waals surface area (Å²) in [6, 6.07) is 7.18. The standard InChI is InChI=1S/C17H16ClN5O2/c18-13-7-12(8-20-17(13)25-10-11-4-5-11)16(24)19-9-15-22-21-14-3-1-2-6-23(14)15/h1-3,6-8,11H,4-5,9-10H2,(H,19,24). The van der Waals surface area contributed by atoms with E-state index in [0.717, 1.165) is 5.65 Å². The first-order chi connectivity index (χ1) is 12.2. The van der Waals surface area contributed by atoms with Gasteiger partial charge in [0, 0.05) is 12.4 Å². The highest BCUT2D eigenvalue weighted by atomic mass is 35.5. The van der Waals surface area contributed by atoms with Crippen molar-refractivity contribution in [3.63, 3.8) is 0 Å². The maximum absolute atomic E-state index is 12.3. The van der Waals surface area contributed by atoms with Gasteiger partial charge in [0.15, 0.2) is 11.5 Å². The molecule has 128 valence electrons. The topological polar surface area (TPSA) is 81.4 Å². The van der Waals surface area contributed by atoms with Crippen LogP contribution in [0.5, 0.6) is 5.88 Å². The van der Waals surface area contributed by atoms with Crippen LogP contribution in [-0.4, -0.2) is 32.1 Å². The third-order valence-corrected chi connectivity index (χ3v) is 4.28. The third kappa shape index (κ3) is 3.56. The molecule has 7 nitrogen and oxygen atoms in total. The van der Waals surface area contributed by atoms with Crippen molar-refractivity contribution < 1.29 is 9.53 Å². The molecule has 0 unspecified atom stereocenters. The van der Waals surface area contributed by atoms with Crippen LogP contribution in [0.15, 0.2) is 36.7 Å². The van der Waals surface area contributed by atoms with Crippen molar-refractivity contribution in [2.24, 2.45) is 5.92 Å². The van der Waals surface area contributed by atoms with Gasteiger partial charge in [0.2, 0.25) is 5.88 Å². The van der Waals surface area contributed by atoms with Crippen LogP contribution in [0, 0.1) is 5.92 Å². The van der Waals surface area contributed by atoms with E-state index in [-0.39, 0.29) is 12.5 Å². The Morgan fingerprint density at radius 3 is 3.04 bits per heavy atom. The average molecular weight is 358 g/mol. The molecule has 25 heavy (non-hydrogen) atoms. The van der Waals surface area contributed by atoms with Crippen molar-refractivity contribution in [2.75, 3.05) is 6.61 Å². The smallest absolute Gasteiger partial charge is 0.253 e. The first kappa shape index (κ1) is 15.8. The van der Waals surface area contributed by atoms with Crippen molar-refractivity contribution in [1.29, 1.82) is 0 Å². The number of ether oxygens (including phenoxy) is 1. The summed E-state index contributed by atoms with van der Waals surface area (Å²) in [6.07, 6.45) is 5.69. The molecule has 1 amide bonds. The minimum Gasteiger partial charge on any atom is -0.476 e. The van der Waals surface area contributed by atoms with E-state index >= 15 is 0 Å². The second-order valence-electron chi connectivity index (χ2n) is 5.99. The molecule has 0 bridgehead atoms. The van der Waals surface area contributed by atoms with Gasteiger partial charge in [0.05, 0.1) is 18.7 Å². The number of hydrogen-bond acceptors (Lipinski definition) is 5. The van der Waals surface area contributed by atoms with E-state index in [4.69, 9.17) is 16.3 Å². The molecule has 0 aliphatic heterocycles. The van der Waals surface area contributed by atoms with Gasteiger partial charge in [-0.15, -0.1) is 10.2 Å². The monoisotopic (exact) mass is 357 g/mol. The molecule has 1 N–H and O–H groups in total. The summed E-state index contributed by atoms with van der Waals surface area (Å²) < 4.78 is 7.39. The number of carbonyl (C=O) groups is 1. The molecule has 1 aliphatic carbocycles. The fraction of sp³-hybridized carbons (Fsp3) is 0.294. The summed E-state index contributed by atoms with van der Waals surface area (Å²) in [5, 5.41) is 11.3. The van der Waals surface area contributed by atoms with Gasteiger partial charge in [-0.1, -0.05) is 17.7 Å². The summed E-state index contributed by atoms with van der Waals surface area (Å²) in [6.45, 7) is 0.875. The van der Waals surface area contributed by atoms with Crippen LogP contribution in [-0.2, 0) is 6.54 Å². The number of fused-ring (bicyclic) bond motifs is 1. The summed E-state index contributed by atoms with van der Waals surface area (Å²) in [4.78, 5) is 16.5. The molecule has 0 aromatic carbocycles. The molecule has 1 saturated carbocycles. The molecule has 1 fully saturated rings. The van der Waals surface area contributed by atoms with Gasteiger partial charge in [-0.2, -0.15) is 0 Å². The summed E-state index contributed by atoms with van der Waals surface area (Å²) in [5.41, 5.74) is 1.10. The molecule has 0 atom stereocenters. The molecule has 0 radical (unpaired) electrons. The highest BCUT2D eigenvalue weighted by Gasteiger charge is 2.23. The Kier molecular flexibility index (Phi) is 4.23. The Bertz CT molecular complexity index is 922. The van der Waals surface area contributed by atoms with Crippen LogP contribution in [0.4, 0.5) is 0 Å². The average Bonchev–Trinajstić information content (AvgIpc) is 3.37. The SMILES string of the molecule is O=C(NCc1nnc2ccccn12)c1cnc(OCC2CC2)c(Cl)c1. The van der Waals surface area contributed by atoms with Crippen molar-refractivity contribution >= 4 is 23.2 Å². The lowest BCUT2D eigenvalue weighted by molar-refractivity contribution is 0.0949. The Labute approximate surface area is 149 Å². The van der Waals surface area contributed by atoms with E-state index in [1.54, 1.807) is 6.07 Å². The Morgan fingerprint density at radius 2 is 2.24 bits per heavy atom. The normalized spacial score (nSPS) is 13.8. The van der Waals surface area contributed by atoms with E-state index < -0.39 is 0 Å². The van der Waals surface area contributed by atoms with Gasteiger partial charge in [0.1, 0.15) is 5.02 Å². The van der Waals surface area contributed by atoms with Crippen LogP contribution in [0.3, 0.4) is 0 Å². The lowest BCUT2D eigenvalue weighted by Gasteiger charge is -2.08. The third-order valence-electron chi connectivity index (χ3n) is 4.01. The van der Waals surface area contributed by atoms with Gasteiger partial charge in [-0.05, 0) is 37.0 Å². The summed E-state index contributed by atoms with van der Waals surface area (Å²) in [5.74, 6) is 1.34.